The molecule has 0 bridgehead atoms. The van der Waals surface area contributed by atoms with Crippen LogP contribution in [-0.4, -0.2) is 32.6 Å². The van der Waals surface area contributed by atoms with Crippen LogP contribution < -0.4 is 10.6 Å². The van der Waals surface area contributed by atoms with Gasteiger partial charge in [-0.3, -0.25) is 10.1 Å². The highest BCUT2D eigenvalue weighted by molar-refractivity contribution is 5.91. The van der Waals surface area contributed by atoms with E-state index in [4.69, 9.17) is 4.74 Å². The maximum atomic E-state index is 12.1. The number of rotatable bonds is 5. The van der Waals surface area contributed by atoms with E-state index in [1.807, 2.05) is 13.8 Å². The minimum absolute atomic E-state index is 0.0810. The molecule has 1 heterocycles. The SMILES string of the molecule is CC(C)c1cn(CC(=O)Nc2ccc(NC(=O)OC(C)(C)C)cc2)nn1. The van der Waals surface area contributed by atoms with Crippen LogP contribution in [0.4, 0.5) is 16.2 Å². The molecule has 0 unspecified atom stereocenters. The molecule has 1 aromatic carbocycles. The van der Waals surface area contributed by atoms with E-state index in [2.05, 4.69) is 20.9 Å². The molecule has 0 fully saturated rings. The van der Waals surface area contributed by atoms with Gasteiger partial charge in [0.25, 0.3) is 0 Å². The van der Waals surface area contributed by atoms with Crippen molar-refractivity contribution in [2.75, 3.05) is 10.6 Å². The zero-order valence-electron chi connectivity index (χ0n) is 15.7. The number of benzene rings is 1. The zero-order chi connectivity index (χ0) is 19.3. The maximum Gasteiger partial charge on any atom is 0.412 e. The van der Waals surface area contributed by atoms with Crippen LogP contribution in [0.15, 0.2) is 30.5 Å². The maximum absolute atomic E-state index is 12.1. The van der Waals surface area contributed by atoms with Gasteiger partial charge in [0.2, 0.25) is 5.91 Å². The van der Waals surface area contributed by atoms with Crippen molar-refractivity contribution in [3.63, 3.8) is 0 Å². The van der Waals surface area contributed by atoms with Crippen molar-refractivity contribution in [2.24, 2.45) is 0 Å². The number of ether oxygens (including phenoxy) is 1. The van der Waals surface area contributed by atoms with Crippen molar-refractivity contribution in [1.82, 2.24) is 15.0 Å². The number of amides is 2. The zero-order valence-corrected chi connectivity index (χ0v) is 15.7. The Morgan fingerprint density at radius 2 is 1.69 bits per heavy atom. The molecule has 0 saturated carbocycles. The van der Waals surface area contributed by atoms with Gasteiger partial charge in [-0.2, -0.15) is 0 Å². The van der Waals surface area contributed by atoms with Gasteiger partial charge in [0.15, 0.2) is 0 Å². The van der Waals surface area contributed by atoms with Gasteiger partial charge in [0.1, 0.15) is 12.1 Å². The van der Waals surface area contributed by atoms with Crippen LogP contribution in [0.2, 0.25) is 0 Å². The average Bonchev–Trinajstić information content (AvgIpc) is 2.96. The second-order valence-corrected chi connectivity index (χ2v) is 7.25. The fourth-order valence-corrected chi connectivity index (χ4v) is 2.06. The summed E-state index contributed by atoms with van der Waals surface area (Å²) in [5, 5.41) is 13.4. The lowest BCUT2D eigenvalue weighted by Gasteiger charge is -2.19. The van der Waals surface area contributed by atoms with E-state index in [9.17, 15) is 9.59 Å². The molecule has 0 atom stereocenters. The van der Waals surface area contributed by atoms with E-state index < -0.39 is 11.7 Å². The Labute approximate surface area is 152 Å². The molecule has 8 nitrogen and oxygen atoms in total. The first-order valence-electron chi connectivity index (χ1n) is 8.42. The summed E-state index contributed by atoms with van der Waals surface area (Å²) in [6, 6.07) is 6.77. The van der Waals surface area contributed by atoms with Crippen LogP contribution in [0.5, 0.6) is 0 Å². The Morgan fingerprint density at radius 1 is 1.12 bits per heavy atom. The van der Waals surface area contributed by atoms with Gasteiger partial charge >= 0.3 is 6.09 Å². The Hall–Kier alpha value is -2.90. The minimum atomic E-state index is -0.561. The number of carbonyl (C=O) groups is 2. The van der Waals surface area contributed by atoms with Gasteiger partial charge in [0.05, 0.1) is 5.69 Å². The van der Waals surface area contributed by atoms with Gasteiger partial charge in [-0.15, -0.1) is 5.10 Å². The fourth-order valence-electron chi connectivity index (χ4n) is 2.06. The van der Waals surface area contributed by atoms with E-state index in [1.54, 1.807) is 51.2 Å². The average molecular weight is 359 g/mol. The molecule has 0 aliphatic heterocycles. The molecule has 26 heavy (non-hydrogen) atoms. The molecule has 2 rings (SSSR count). The number of anilines is 2. The van der Waals surface area contributed by atoms with Crippen molar-refractivity contribution in [3.05, 3.63) is 36.2 Å². The summed E-state index contributed by atoms with van der Waals surface area (Å²) in [6.07, 6.45) is 1.24. The van der Waals surface area contributed by atoms with Crippen LogP contribution in [0.25, 0.3) is 0 Å². The van der Waals surface area contributed by atoms with Crippen molar-refractivity contribution in [3.8, 4) is 0 Å². The first-order chi connectivity index (χ1) is 12.1. The number of hydrogen-bond donors (Lipinski definition) is 2. The molecule has 8 heteroatoms. The summed E-state index contributed by atoms with van der Waals surface area (Å²) in [5.74, 6) is 0.0508. The summed E-state index contributed by atoms with van der Waals surface area (Å²) in [7, 11) is 0. The van der Waals surface area contributed by atoms with Crippen molar-refractivity contribution in [1.29, 1.82) is 0 Å². The molecule has 2 N–H and O–H groups in total. The van der Waals surface area contributed by atoms with Crippen molar-refractivity contribution < 1.29 is 14.3 Å². The van der Waals surface area contributed by atoms with Gasteiger partial charge in [-0.1, -0.05) is 19.1 Å². The monoisotopic (exact) mass is 359 g/mol. The van der Waals surface area contributed by atoms with E-state index in [1.165, 1.54) is 4.68 Å². The predicted octanol–water partition coefficient (Wildman–Crippen LogP) is 3.39. The summed E-state index contributed by atoms with van der Waals surface area (Å²) in [5.41, 5.74) is 1.48. The third kappa shape index (κ3) is 6.19. The van der Waals surface area contributed by atoms with Gasteiger partial charge in [-0.25, -0.2) is 9.48 Å². The third-order valence-electron chi connectivity index (χ3n) is 3.27. The highest BCUT2D eigenvalue weighted by atomic mass is 16.6. The summed E-state index contributed by atoms with van der Waals surface area (Å²) in [6.45, 7) is 9.50. The second-order valence-electron chi connectivity index (χ2n) is 7.25. The largest absolute Gasteiger partial charge is 0.444 e. The summed E-state index contributed by atoms with van der Waals surface area (Å²) < 4.78 is 6.69. The van der Waals surface area contributed by atoms with Crippen LogP contribution in [0, 0.1) is 0 Å². The lowest BCUT2D eigenvalue weighted by atomic mass is 10.2. The highest BCUT2D eigenvalue weighted by Crippen LogP contribution is 2.16. The van der Waals surface area contributed by atoms with E-state index in [-0.39, 0.29) is 18.4 Å². The van der Waals surface area contributed by atoms with E-state index >= 15 is 0 Å². The number of nitrogens with one attached hydrogen (secondary N) is 2. The number of aromatic nitrogens is 3. The molecule has 0 saturated heterocycles. The van der Waals surface area contributed by atoms with E-state index in [0.717, 1.165) is 5.69 Å². The quantitative estimate of drug-likeness (QED) is 0.853. The summed E-state index contributed by atoms with van der Waals surface area (Å²) in [4.78, 5) is 23.8. The molecule has 0 spiro atoms. The smallest absolute Gasteiger partial charge is 0.412 e. The molecule has 1 aromatic heterocycles. The molecule has 0 aliphatic carbocycles. The van der Waals surface area contributed by atoms with Gasteiger partial charge in [0, 0.05) is 17.6 Å². The van der Waals surface area contributed by atoms with Crippen LogP contribution in [-0.2, 0) is 16.1 Å². The molecule has 2 amide bonds. The Bertz CT molecular complexity index is 760. The normalized spacial score (nSPS) is 11.3. The van der Waals surface area contributed by atoms with Crippen molar-refractivity contribution >= 4 is 23.4 Å². The molecule has 0 radical (unpaired) electrons. The first-order valence-corrected chi connectivity index (χ1v) is 8.42. The molecular weight excluding hydrogens is 334 g/mol. The van der Waals surface area contributed by atoms with Gasteiger partial charge < -0.3 is 10.1 Å². The van der Waals surface area contributed by atoms with Gasteiger partial charge in [-0.05, 0) is 51.0 Å². The standard InChI is InChI=1S/C18H25N5O3/c1-12(2)15-10-23(22-21-15)11-16(24)19-13-6-8-14(9-7-13)20-17(25)26-18(3,4)5/h6-10,12H,11H2,1-5H3,(H,19,24)(H,20,25). The predicted molar refractivity (Wildman–Crippen MR) is 99.0 cm³/mol. The number of hydrogen-bond acceptors (Lipinski definition) is 5. The number of carbonyl (C=O) groups excluding carboxylic acids is 2. The second kappa shape index (κ2) is 7.99. The van der Waals surface area contributed by atoms with E-state index in [0.29, 0.717) is 11.4 Å². The minimum Gasteiger partial charge on any atom is -0.444 e. The molecule has 2 aromatic rings. The molecule has 140 valence electrons. The highest BCUT2D eigenvalue weighted by Gasteiger charge is 2.16. The topological polar surface area (TPSA) is 98.1 Å². The first kappa shape index (κ1) is 19.4. The lowest BCUT2D eigenvalue weighted by Crippen LogP contribution is -2.27. The summed E-state index contributed by atoms with van der Waals surface area (Å²) >= 11 is 0. The lowest BCUT2D eigenvalue weighted by molar-refractivity contribution is -0.116. The van der Waals surface area contributed by atoms with Crippen molar-refractivity contribution in [2.45, 2.75) is 52.7 Å². The third-order valence-corrected chi connectivity index (χ3v) is 3.27. The Balaban J connectivity index is 1.87. The van der Waals surface area contributed by atoms with Crippen LogP contribution in [0.3, 0.4) is 0 Å². The van der Waals surface area contributed by atoms with Crippen LogP contribution >= 0.6 is 0 Å². The Morgan fingerprint density at radius 3 is 2.19 bits per heavy atom. The Kier molecular flexibility index (Phi) is 5.97. The molecular formula is C18H25N5O3. The molecule has 0 aliphatic rings. The van der Waals surface area contributed by atoms with Crippen LogP contribution in [0.1, 0.15) is 46.2 Å². The number of nitrogens with zero attached hydrogens (tertiary/aromatic N) is 3. The fraction of sp³-hybridized carbons (Fsp3) is 0.444.